The number of hydrogen-bond donors (Lipinski definition) is 4. The highest BCUT2D eigenvalue weighted by atomic mass is 79.9. The normalized spacial score (nSPS) is 22.8. The van der Waals surface area contributed by atoms with E-state index in [0.29, 0.717) is 37.2 Å². The summed E-state index contributed by atoms with van der Waals surface area (Å²) in [4.78, 5) is 29.4. The van der Waals surface area contributed by atoms with Crippen LogP contribution in [0.3, 0.4) is 0 Å². The Balaban J connectivity index is 1.16. The number of benzene rings is 1. The maximum Gasteiger partial charge on any atom is 0.321 e. The molecule has 2 aliphatic carbocycles. The molecule has 0 radical (unpaired) electrons. The van der Waals surface area contributed by atoms with Gasteiger partial charge in [-0.15, -0.1) is 0 Å². The number of halogens is 1. The summed E-state index contributed by atoms with van der Waals surface area (Å²) in [7, 11) is 0. The molecule has 208 valence electrons. The van der Waals surface area contributed by atoms with Crippen molar-refractivity contribution in [2.24, 2.45) is 5.73 Å². The topological polar surface area (TPSA) is 126 Å². The fourth-order valence-corrected chi connectivity index (χ4v) is 6.57. The number of anilines is 3. The van der Waals surface area contributed by atoms with Crippen molar-refractivity contribution in [1.29, 1.82) is 0 Å². The first-order valence-corrected chi connectivity index (χ1v) is 15.2. The number of piperidine rings is 1. The van der Waals surface area contributed by atoms with Gasteiger partial charge in [-0.3, -0.25) is 0 Å². The average molecular weight is 597 g/mol. The molecule has 10 nitrogen and oxygen atoms in total. The number of amides is 2. The Hall–Kier alpha value is -2.92. The van der Waals surface area contributed by atoms with Crippen molar-refractivity contribution in [2.75, 3.05) is 29.0 Å². The molecular weight excluding hydrogens is 558 g/mol. The number of nitrogens with one attached hydrogen (secondary N) is 3. The molecule has 11 heteroatoms. The second-order valence-corrected chi connectivity index (χ2v) is 12.2. The van der Waals surface area contributed by atoms with Gasteiger partial charge in [-0.1, -0.05) is 34.8 Å². The summed E-state index contributed by atoms with van der Waals surface area (Å²) in [6, 6.07) is 8.89. The molecule has 3 heterocycles. The first-order valence-electron chi connectivity index (χ1n) is 14.4. The number of likely N-dealkylation sites (tertiary alicyclic amines) is 1. The van der Waals surface area contributed by atoms with Crippen LogP contribution in [0, 0.1) is 0 Å². The molecule has 5 N–H and O–H groups in total. The molecule has 39 heavy (non-hydrogen) atoms. The zero-order valence-corrected chi connectivity index (χ0v) is 23.9. The van der Waals surface area contributed by atoms with Gasteiger partial charge >= 0.3 is 6.03 Å². The van der Waals surface area contributed by atoms with Gasteiger partial charge < -0.3 is 31.2 Å². The van der Waals surface area contributed by atoms with Gasteiger partial charge in [0.1, 0.15) is 0 Å². The number of hydrogen-bond acceptors (Lipinski definition) is 7. The van der Waals surface area contributed by atoms with E-state index in [1.54, 1.807) is 0 Å². The summed E-state index contributed by atoms with van der Waals surface area (Å²) < 4.78 is 3.20. The van der Waals surface area contributed by atoms with E-state index in [2.05, 4.69) is 36.4 Å². The van der Waals surface area contributed by atoms with Gasteiger partial charge in [0.05, 0.1) is 6.33 Å². The summed E-state index contributed by atoms with van der Waals surface area (Å²) in [5, 5.41) is 10.3. The van der Waals surface area contributed by atoms with E-state index in [4.69, 9.17) is 20.7 Å². The summed E-state index contributed by atoms with van der Waals surface area (Å²) in [5.41, 5.74) is 8.65. The Kier molecular flexibility index (Phi) is 7.87. The maximum absolute atomic E-state index is 12.8. The van der Waals surface area contributed by atoms with Gasteiger partial charge in [-0.25, -0.2) is 9.78 Å². The van der Waals surface area contributed by atoms with Crippen molar-refractivity contribution in [1.82, 2.24) is 24.4 Å². The smallest absolute Gasteiger partial charge is 0.321 e. The molecular formula is C28H38BrN9O. The van der Waals surface area contributed by atoms with Gasteiger partial charge in [0, 0.05) is 47.4 Å². The molecule has 3 aromatic rings. The van der Waals surface area contributed by atoms with Crippen LogP contribution in [-0.2, 0) is 0 Å². The Morgan fingerprint density at radius 3 is 2.44 bits per heavy atom. The monoisotopic (exact) mass is 595 g/mol. The number of imidazole rings is 1. The minimum absolute atomic E-state index is 0.0648. The van der Waals surface area contributed by atoms with Gasteiger partial charge in [0.25, 0.3) is 0 Å². The van der Waals surface area contributed by atoms with Crippen LogP contribution in [0.15, 0.2) is 35.1 Å². The zero-order chi connectivity index (χ0) is 26.8. The Morgan fingerprint density at radius 2 is 1.69 bits per heavy atom. The van der Waals surface area contributed by atoms with Crippen LogP contribution in [0.4, 0.5) is 22.2 Å². The molecule has 0 unspecified atom stereocenters. The predicted octanol–water partition coefficient (Wildman–Crippen LogP) is 5.49. The number of carbonyl (C=O) groups excluding carboxylic acids is 1. The second kappa shape index (κ2) is 11.7. The number of nitrogens with zero attached hydrogens (tertiary/aromatic N) is 5. The minimum Gasteiger partial charge on any atom is -0.365 e. The molecule has 2 amide bonds. The van der Waals surface area contributed by atoms with Crippen molar-refractivity contribution in [2.45, 2.75) is 88.4 Å². The first-order chi connectivity index (χ1) is 19.0. The molecule has 0 bridgehead atoms. The van der Waals surface area contributed by atoms with Crippen LogP contribution in [0.5, 0.6) is 0 Å². The Labute approximate surface area is 237 Å². The third-order valence-corrected chi connectivity index (χ3v) is 8.94. The lowest BCUT2D eigenvalue weighted by Gasteiger charge is -2.32. The molecule has 2 aromatic heterocycles. The van der Waals surface area contributed by atoms with Gasteiger partial charge in [0.15, 0.2) is 17.0 Å². The van der Waals surface area contributed by atoms with E-state index < -0.39 is 0 Å². The van der Waals surface area contributed by atoms with Gasteiger partial charge in [-0.2, -0.15) is 9.97 Å². The lowest BCUT2D eigenvalue weighted by atomic mass is 9.92. The fourth-order valence-electron chi connectivity index (χ4n) is 6.17. The van der Waals surface area contributed by atoms with Crippen molar-refractivity contribution < 1.29 is 4.79 Å². The van der Waals surface area contributed by atoms with Crippen molar-refractivity contribution >= 4 is 50.6 Å². The quantitative estimate of drug-likeness (QED) is 0.296. The molecule has 2 saturated carbocycles. The Morgan fingerprint density at radius 1 is 0.949 bits per heavy atom. The minimum atomic E-state index is -0.0648. The molecule has 0 atom stereocenters. The molecule has 3 fully saturated rings. The lowest BCUT2D eigenvalue weighted by molar-refractivity contribution is 0.197. The van der Waals surface area contributed by atoms with Crippen LogP contribution in [-0.4, -0.2) is 61.7 Å². The van der Waals surface area contributed by atoms with Crippen molar-refractivity contribution in [3.8, 4) is 0 Å². The highest BCUT2D eigenvalue weighted by Gasteiger charge is 2.27. The highest BCUT2D eigenvalue weighted by molar-refractivity contribution is 9.10. The highest BCUT2D eigenvalue weighted by Crippen LogP contribution is 2.34. The maximum atomic E-state index is 12.8. The second-order valence-electron chi connectivity index (χ2n) is 11.3. The predicted molar refractivity (Wildman–Crippen MR) is 158 cm³/mol. The first kappa shape index (κ1) is 26.3. The summed E-state index contributed by atoms with van der Waals surface area (Å²) in [6.07, 6.45) is 12.6. The SMILES string of the molecule is NC1CCC(Nc2nc(NC3CCN(C(=O)Nc4cccc(Br)c4)CC3)c3ncn(C4CCCC4)c3n2)CC1. The molecule has 6 rings (SSSR count). The van der Waals surface area contributed by atoms with Gasteiger partial charge in [-0.05, 0) is 69.6 Å². The fraction of sp³-hybridized carbons (Fsp3) is 0.571. The zero-order valence-electron chi connectivity index (χ0n) is 22.3. The van der Waals surface area contributed by atoms with Crippen LogP contribution < -0.4 is 21.7 Å². The molecule has 1 aromatic carbocycles. The van der Waals surface area contributed by atoms with Crippen LogP contribution in [0.2, 0.25) is 0 Å². The van der Waals surface area contributed by atoms with Crippen LogP contribution in [0.1, 0.15) is 70.3 Å². The Bertz CT molecular complexity index is 1290. The molecule has 1 aliphatic heterocycles. The summed E-state index contributed by atoms with van der Waals surface area (Å²) >= 11 is 3.46. The number of rotatable bonds is 6. The lowest BCUT2D eigenvalue weighted by Crippen LogP contribution is -2.44. The van der Waals surface area contributed by atoms with E-state index in [0.717, 1.165) is 65.7 Å². The number of fused-ring (bicyclic) bond motifs is 1. The van der Waals surface area contributed by atoms with E-state index in [1.165, 1.54) is 25.7 Å². The van der Waals surface area contributed by atoms with E-state index in [9.17, 15) is 4.79 Å². The largest absolute Gasteiger partial charge is 0.365 e. The molecule has 1 saturated heterocycles. The number of urea groups is 1. The molecule has 0 spiro atoms. The third kappa shape index (κ3) is 6.14. The summed E-state index contributed by atoms with van der Waals surface area (Å²) in [5.74, 6) is 1.44. The standard InChI is InChI=1S/C28H38BrN9O/c29-18-4-3-5-22(16-18)34-28(39)37-14-12-21(13-15-37)32-25-24-26(38(17-31-24)23-6-1-2-7-23)36-27(35-25)33-20-10-8-19(30)9-11-20/h3-5,16-17,19-21,23H,1-2,6-15,30H2,(H,34,39)(H2,32,33,35,36). The molecule has 3 aliphatic rings. The van der Waals surface area contributed by atoms with E-state index in [-0.39, 0.29) is 12.1 Å². The number of nitrogens with two attached hydrogens (primary N) is 1. The number of carbonyl (C=O) groups is 1. The average Bonchev–Trinajstić information content (AvgIpc) is 3.61. The van der Waals surface area contributed by atoms with Crippen molar-refractivity contribution in [3.63, 3.8) is 0 Å². The van der Waals surface area contributed by atoms with E-state index >= 15 is 0 Å². The van der Waals surface area contributed by atoms with Crippen LogP contribution >= 0.6 is 15.9 Å². The van der Waals surface area contributed by atoms with Gasteiger partial charge in [0.2, 0.25) is 5.95 Å². The van der Waals surface area contributed by atoms with E-state index in [1.807, 2.05) is 35.5 Å². The summed E-state index contributed by atoms with van der Waals surface area (Å²) in [6.45, 7) is 1.35. The third-order valence-electron chi connectivity index (χ3n) is 8.44. The number of aromatic nitrogens is 4. The van der Waals surface area contributed by atoms with Crippen molar-refractivity contribution in [3.05, 3.63) is 35.1 Å². The van der Waals surface area contributed by atoms with Crippen LogP contribution in [0.25, 0.3) is 11.2 Å².